The second-order valence-corrected chi connectivity index (χ2v) is 8.56. The first-order valence-electron chi connectivity index (χ1n) is 9.29. The van der Waals surface area contributed by atoms with Gasteiger partial charge in [0.2, 0.25) is 0 Å². The van der Waals surface area contributed by atoms with Gasteiger partial charge in [-0.1, -0.05) is 0 Å². The Bertz CT molecular complexity index is 553. The number of nitrogens with zero attached hydrogens (tertiary/aromatic N) is 2. The molecule has 1 aliphatic carbocycles. The van der Waals surface area contributed by atoms with Crippen molar-refractivity contribution in [3.63, 3.8) is 0 Å². The van der Waals surface area contributed by atoms with Crippen molar-refractivity contribution in [3.05, 3.63) is 16.1 Å². The van der Waals surface area contributed by atoms with Crippen LogP contribution < -0.4 is 0 Å². The monoisotopic (exact) mass is 334 g/mol. The average Bonchev–Trinajstić information content (AvgIpc) is 3.18. The number of likely N-dealkylation sites (tertiary alicyclic amines) is 1. The number of aromatic nitrogens is 1. The summed E-state index contributed by atoms with van der Waals surface area (Å²) < 4.78 is 12.0. The van der Waals surface area contributed by atoms with Crippen LogP contribution in [0, 0.1) is 5.92 Å². The van der Waals surface area contributed by atoms with E-state index in [1.165, 1.54) is 55.8 Å². The van der Waals surface area contributed by atoms with Crippen molar-refractivity contribution >= 4 is 11.3 Å². The normalized spacial score (nSPS) is 36.3. The minimum atomic E-state index is 0.261. The second-order valence-electron chi connectivity index (χ2n) is 7.67. The molecule has 126 valence electrons. The highest BCUT2D eigenvalue weighted by Gasteiger charge is 2.42. The summed E-state index contributed by atoms with van der Waals surface area (Å²) in [7, 11) is 0. The first kappa shape index (κ1) is 14.8. The maximum absolute atomic E-state index is 6.46. The van der Waals surface area contributed by atoms with E-state index in [2.05, 4.69) is 10.3 Å². The molecule has 0 amide bonds. The van der Waals surface area contributed by atoms with Crippen LogP contribution in [0.5, 0.6) is 0 Å². The summed E-state index contributed by atoms with van der Waals surface area (Å²) in [4.78, 5) is 7.55. The number of hydrogen-bond donors (Lipinski definition) is 0. The molecule has 0 radical (unpaired) electrons. The van der Waals surface area contributed by atoms with Crippen molar-refractivity contribution in [2.75, 3.05) is 26.3 Å². The molecular formula is C18H26N2O2S. The lowest BCUT2D eigenvalue weighted by molar-refractivity contribution is -0.0382. The summed E-state index contributed by atoms with van der Waals surface area (Å²) in [5.74, 6) is 1.50. The average molecular weight is 334 g/mol. The van der Waals surface area contributed by atoms with Gasteiger partial charge in [0.1, 0.15) is 11.1 Å². The minimum Gasteiger partial charge on any atom is -0.381 e. The molecule has 0 N–H and O–H groups in total. The lowest BCUT2D eigenvalue weighted by Crippen LogP contribution is -2.49. The van der Waals surface area contributed by atoms with Gasteiger partial charge in [-0.15, -0.1) is 11.3 Å². The Hall–Kier alpha value is -0.490. The number of fused-ring (bicyclic) bond motifs is 1. The molecule has 5 heteroatoms. The predicted molar refractivity (Wildman–Crippen MR) is 89.8 cm³/mol. The van der Waals surface area contributed by atoms with E-state index >= 15 is 0 Å². The molecule has 1 aromatic heterocycles. The molecule has 0 unspecified atom stereocenters. The van der Waals surface area contributed by atoms with Crippen molar-refractivity contribution in [2.45, 2.75) is 62.7 Å². The van der Waals surface area contributed by atoms with Crippen molar-refractivity contribution in [1.82, 2.24) is 9.88 Å². The molecule has 1 saturated carbocycles. The Morgan fingerprint density at radius 3 is 2.83 bits per heavy atom. The van der Waals surface area contributed by atoms with Crippen LogP contribution in [0.25, 0.3) is 0 Å². The van der Waals surface area contributed by atoms with Crippen molar-refractivity contribution in [1.29, 1.82) is 0 Å². The van der Waals surface area contributed by atoms with Crippen LogP contribution in [0.4, 0.5) is 0 Å². The van der Waals surface area contributed by atoms with Gasteiger partial charge < -0.3 is 9.47 Å². The molecular weight excluding hydrogens is 308 g/mol. The number of piperidine rings is 1. The summed E-state index contributed by atoms with van der Waals surface area (Å²) in [6.45, 7) is 4.23. The summed E-state index contributed by atoms with van der Waals surface area (Å²) >= 11 is 1.82. The molecule has 4 fully saturated rings. The zero-order valence-electron chi connectivity index (χ0n) is 13.7. The van der Waals surface area contributed by atoms with Crippen molar-refractivity contribution in [2.24, 2.45) is 5.92 Å². The van der Waals surface area contributed by atoms with Gasteiger partial charge in [-0.25, -0.2) is 4.98 Å². The molecule has 3 saturated heterocycles. The molecule has 23 heavy (non-hydrogen) atoms. The molecule has 1 aromatic rings. The van der Waals surface area contributed by atoms with E-state index < -0.39 is 0 Å². The highest BCUT2D eigenvalue weighted by Crippen LogP contribution is 2.45. The molecule has 3 atom stereocenters. The fourth-order valence-corrected chi connectivity index (χ4v) is 5.46. The minimum absolute atomic E-state index is 0.261. The maximum Gasteiger partial charge on any atom is 0.122 e. The van der Waals surface area contributed by atoms with Crippen molar-refractivity contribution in [3.8, 4) is 0 Å². The van der Waals surface area contributed by atoms with Crippen LogP contribution in [-0.2, 0) is 9.47 Å². The third kappa shape index (κ3) is 2.97. The van der Waals surface area contributed by atoms with Crippen LogP contribution in [-0.4, -0.2) is 48.3 Å². The molecule has 0 aromatic carbocycles. The highest BCUT2D eigenvalue weighted by molar-refractivity contribution is 7.09. The largest absolute Gasteiger partial charge is 0.381 e. The van der Waals surface area contributed by atoms with E-state index in [1.807, 2.05) is 11.3 Å². The Morgan fingerprint density at radius 1 is 1.13 bits per heavy atom. The molecule has 0 bridgehead atoms. The molecule has 4 aliphatic rings. The Kier molecular flexibility index (Phi) is 3.93. The quantitative estimate of drug-likeness (QED) is 0.849. The summed E-state index contributed by atoms with van der Waals surface area (Å²) in [6, 6.07) is 0.716. The van der Waals surface area contributed by atoms with E-state index in [4.69, 9.17) is 14.5 Å². The smallest absolute Gasteiger partial charge is 0.122 e. The van der Waals surface area contributed by atoms with Gasteiger partial charge in [0.15, 0.2) is 0 Å². The predicted octanol–water partition coefficient (Wildman–Crippen LogP) is 3.35. The zero-order valence-corrected chi connectivity index (χ0v) is 14.5. The van der Waals surface area contributed by atoms with Gasteiger partial charge in [0, 0.05) is 37.1 Å². The third-order valence-electron chi connectivity index (χ3n) is 6.10. The fourth-order valence-electron chi connectivity index (χ4n) is 4.51. The van der Waals surface area contributed by atoms with Gasteiger partial charge in [-0.05, 0) is 51.0 Å². The lowest BCUT2D eigenvalue weighted by Gasteiger charge is -2.40. The van der Waals surface area contributed by atoms with Crippen LogP contribution >= 0.6 is 11.3 Å². The second kappa shape index (κ2) is 6.10. The van der Waals surface area contributed by atoms with Gasteiger partial charge in [-0.3, -0.25) is 4.90 Å². The van der Waals surface area contributed by atoms with E-state index in [1.54, 1.807) is 0 Å². The number of hydrogen-bond acceptors (Lipinski definition) is 5. The highest BCUT2D eigenvalue weighted by atomic mass is 32.1. The molecule has 5 rings (SSSR count). The standard InChI is InChI=1S/C18H26N2O2S/c1-2-12(1)15-11-23-18(19-15)16-9-13-3-6-20(10-17(13)22-16)14-4-7-21-8-5-14/h11-14,16-17H,1-10H2/t13-,16+,17+/m1/s1. The van der Waals surface area contributed by atoms with Gasteiger partial charge in [0.25, 0.3) is 0 Å². The third-order valence-corrected chi connectivity index (χ3v) is 7.06. The van der Waals surface area contributed by atoms with E-state index in [-0.39, 0.29) is 6.10 Å². The SMILES string of the molecule is c1sc([C@@H]2C[C@H]3CCN(C4CCOCC4)C[C@@H]3O2)nc1C1CC1. The topological polar surface area (TPSA) is 34.6 Å². The summed E-state index contributed by atoms with van der Waals surface area (Å²) in [5.41, 5.74) is 1.33. The Morgan fingerprint density at radius 2 is 2.00 bits per heavy atom. The van der Waals surface area contributed by atoms with Crippen LogP contribution in [0.1, 0.15) is 61.2 Å². The zero-order chi connectivity index (χ0) is 15.2. The number of rotatable bonds is 3. The van der Waals surface area contributed by atoms with Gasteiger partial charge in [0.05, 0.1) is 11.8 Å². The first-order chi connectivity index (χ1) is 11.4. The molecule has 0 spiro atoms. The summed E-state index contributed by atoms with van der Waals surface area (Å²) in [5, 5.41) is 3.51. The van der Waals surface area contributed by atoms with Gasteiger partial charge >= 0.3 is 0 Å². The fraction of sp³-hybridized carbons (Fsp3) is 0.833. The van der Waals surface area contributed by atoms with E-state index in [0.29, 0.717) is 12.1 Å². The Balaban J connectivity index is 1.23. The number of thiazole rings is 1. The molecule has 4 nitrogen and oxygen atoms in total. The molecule has 3 aliphatic heterocycles. The van der Waals surface area contributed by atoms with Crippen LogP contribution in [0.3, 0.4) is 0 Å². The lowest BCUT2D eigenvalue weighted by atomic mass is 9.90. The maximum atomic E-state index is 6.46. The van der Waals surface area contributed by atoms with Crippen molar-refractivity contribution < 1.29 is 9.47 Å². The number of ether oxygens (including phenoxy) is 2. The summed E-state index contributed by atoms with van der Waals surface area (Å²) in [6.07, 6.45) is 8.21. The molecule has 4 heterocycles. The first-order valence-corrected chi connectivity index (χ1v) is 10.2. The van der Waals surface area contributed by atoms with Crippen LogP contribution in [0.15, 0.2) is 5.38 Å². The van der Waals surface area contributed by atoms with E-state index in [9.17, 15) is 0 Å². The van der Waals surface area contributed by atoms with E-state index in [0.717, 1.165) is 31.6 Å². The van der Waals surface area contributed by atoms with Gasteiger partial charge in [-0.2, -0.15) is 0 Å². The van der Waals surface area contributed by atoms with Crippen LogP contribution in [0.2, 0.25) is 0 Å². The Labute approximate surface area is 142 Å².